The smallest absolute Gasteiger partial charge is 0.133 e. The molecule has 0 bridgehead atoms. The maximum Gasteiger partial charge on any atom is 0.133 e. The summed E-state index contributed by atoms with van der Waals surface area (Å²) in [5.41, 5.74) is 0. The van der Waals surface area contributed by atoms with Gasteiger partial charge in [0.1, 0.15) is 6.29 Å². The lowest BCUT2D eigenvalue weighted by Crippen LogP contribution is -2.38. The number of hydrogen-bond acceptors (Lipinski definition) is 2. The van der Waals surface area contributed by atoms with Crippen molar-refractivity contribution in [3.8, 4) is 0 Å². The van der Waals surface area contributed by atoms with Crippen molar-refractivity contribution in [2.45, 2.75) is 0 Å². The molecule has 1 heterocycles. The van der Waals surface area contributed by atoms with Crippen molar-refractivity contribution in [3.05, 3.63) is 6.42 Å². The second-order valence-electron chi connectivity index (χ2n) is 1.67. The summed E-state index contributed by atoms with van der Waals surface area (Å²) >= 11 is 0. The Hall–Kier alpha value is -0.370. The Kier molecular flexibility index (Phi) is 1.42. The predicted octanol–water partition coefficient (Wildman–Crippen LogP) is -0.295. The van der Waals surface area contributed by atoms with Crippen LogP contribution in [0.4, 0.5) is 0 Å². The van der Waals surface area contributed by atoms with Gasteiger partial charge in [-0.25, -0.2) is 0 Å². The molecule has 1 saturated heterocycles. The molecule has 2 heteroatoms. The van der Waals surface area contributed by atoms with E-state index >= 15 is 0 Å². The van der Waals surface area contributed by atoms with Crippen LogP contribution in [0.15, 0.2) is 0 Å². The maximum absolute atomic E-state index is 9.75. The molecule has 1 aliphatic rings. The monoisotopic (exact) mass is 98.1 g/mol. The van der Waals surface area contributed by atoms with Crippen molar-refractivity contribution in [3.63, 3.8) is 0 Å². The van der Waals surface area contributed by atoms with Gasteiger partial charge in [0.05, 0.1) is 6.54 Å². The van der Waals surface area contributed by atoms with Gasteiger partial charge in [0.15, 0.2) is 0 Å². The minimum atomic E-state index is 0.608. The van der Waals surface area contributed by atoms with Gasteiger partial charge in [-0.2, -0.15) is 0 Å². The van der Waals surface area contributed by atoms with Crippen molar-refractivity contribution >= 4 is 6.29 Å². The van der Waals surface area contributed by atoms with E-state index < -0.39 is 0 Å². The number of rotatable bonds is 2. The molecule has 0 aliphatic carbocycles. The van der Waals surface area contributed by atoms with Gasteiger partial charge < -0.3 is 4.79 Å². The van der Waals surface area contributed by atoms with E-state index in [2.05, 4.69) is 11.3 Å². The van der Waals surface area contributed by atoms with Crippen molar-refractivity contribution in [1.29, 1.82) is 0 Å². The van der Waals surface area contributed by atoms with Gasteiger partial charge in [0.2, 0.25) is 0 Å². The third-order valence-electron chi connectivity index (χ3n) is 1.11. The standard InChI is InChI=1S/C5H8NO/c7-5-4-6-2-1-3-6/h1,5H,2-4H2. The van der Waals surface area contributed by atoms with E-state index in [1.54, 1.807) is 0 Å². The van der Waals surface area contributed by atoms with Crippen LogP contribution < -0.4 is 0 Å². The zero-order valence-corrected chi connectivity index (χ0v) is 4.13. The quantitative estimate of drug-likeness (QED) is 0.442. The Morgan fingerprint density at radius 3 is 2.57 bits per heavy atom. The van der Waals surface area contributed by atoms with E-state index in [4.69, 9.17) is 0 Å². The van der Waals surface area contributed by atoms with Gasteiger partial charge >= 0.3 is 0 Å². The summed E-state index contributed by atoms with van der Waals surface area (Å²) in [5, 5.41) is 0. The van der Waals surface area contributed by atoms with Crippen LogP contribution in [0.5, 0.6) is 0 Å². The summed E-state index contributed by atoms with van der Waals surface area (Å²) in [6, 6.07) is 0. The Morgan fingerprint density at radius 1 is 1.71 bits per heavy atom. The van der Waals surface area contributed by atoms with Crippen molar-refractivity contribution < 1.29 is 4.79 Å². The Balaban J connectivity index is 2.03. The summed E-state index contributed by atoms with van der Waals surface area (Å²) in [6.07, 6.45) is 3.08. The normalized spacial score (nSPS) is 21.1. The van der Waals surface area contributed by atoms with Gasteiger partial charge in [-0.15, -0.1) is 0 Å². The Morgan fingerprint density at radius 2 is 2.43 bits per heavy atom. The van der Waals surface area contributed by atoms with E-state index in [1.165, 1.54) is 0 Å². The number of nitrogens with zero attached hydrogens (tertiary/aromatic N) is 1. The van der Waals surface area contributed by atoms with Gasteiger partial charge in [-0.1, -0.05) is 0 Å². The topological polar surface area (TPSA) is 20.3 Å². The summed E-state index contributed by atoms with van der Waals surface area (Å²) in [6.45, 7) is 2.61. The number of hydrogen-bond donors (Lipinski definition) is 0. The first-order chi connectivity index (χ1) is 3.43. The first-order valence-electron chi connectivity index (χ1n) is 2.41. The molecule has 0 aromatic carbocycles. The number of aldehydes is 1. The highest BCUT2D eigenvalue weighted by molar-refractivity contribution is 5.52. The summed E-state index contributed by atoms with van der Waals surface area (Å²) in [4.78, 5) is 11.8. The van der Waals surface area contributed by atoms with Crippen LogP contribution >= 0.6 is 0 Å². The molecule has 7 heavy (non-hydrogen) atoms. The van der Waals surface area contributed by atoms with Crippen molar-refractivity contribution in [1.82, 2.24) is 4.90 Å². The van der Waals surface area contributed by atoms with Gasteiger partial charge in [0, 0.05) is 13.1 Å². The van der Waals surface area contributed by atoms with Crippen LogP contribution in [0.25, 0.3) is 0 Å². The minimum Gasteiger partial charge on any atom is -0.302 e. The van der Waals surface area contributed by atoms with Crippen LogP contribution in [-0.2, 0) is 4.79 Å². The molecule has 2 nitrogen and oxygen atoms in total. The van der Waals surface area contributed by atoms with Gasteiger partial charge in [-0.05, 0) is 6.42 Å². The Bertz CT molecular complexity index is 68.5. The zero-order valence-electron chi connectivity index (χ0n) is 4.13. The van der Waals surface area contributed by atoms with Crippen LogP contribution in [0.3, 0.4) is 0 Å². The third kappa shape index (κ3) is 0.996. The number of carbonyl (C=O) groups excluding carboxylic acids is 1. The average Bonchev–Trinajstić information content (AvgIpc) is 1.55. The number of carbonyl (C=O) groups is 1. The molecule has 0 aromatic rings. The molecular formula is C5H8NO. The van der Waals surface area contributed by atoms with Crippen LogP contribution in [0, 0.1) is 6.42 Å². The minimum absolute atomic E-state index is 0.608. The lowest BCUT2D eigenvalue weighted by atomic mass is 10.2. The van der Waals surface area contributed by atoms with Gasteiger partial charge in [0.25, 0.3) is 0 Å². The molecule has 1 aliphatic heterocycles. The van der Waals surface area contributed by atoms with Crippen LogP contribution in [0.2, 0.25) is 0 Å². The van der Waals surface area contributed by atoms with E-state index in [0.29, 0.717) is 6.54 Å². The summed E-state index contributed by atoms with van der Waals surface area (Å²) in [7, 11) is 0. The van der Waals surface area contributed by atoms with Crippen LogP contribution in [-0.4, -0.2) is 30.8 Å². The van der Waals surface area contributed by atoms with Crippen LogP contribution in [0.1, 0.15) is 0 Å². The summed E-state index contributed by atoms with van der Waals surface area (Å²) in [5.74, 6) is 0. The molecule has 39 valence electrons. The van der Waals surface area contributed by atoms with E-state index in [9.17, 15) is 4.79 Å². The summed E-state index contributed by atoms with van der Waals surface area (Å²) < 4.78 is 0. The molecule has 0 atom stereocenters. The largest absolute Gasteiger partial charge is 0.302 e. The first-order valence-corrected chi connectivity index (χ1v) is 2.41. The van der Waals surface area contributed by atoms with Crippen molar-refractivity contribution in [2.75, 3.05) is 19.6 Å². The average molecular weight is 98.1 g/mol. The maximum atomic E-state index is 9.75. The zero-order chi connectivity index (χ0) is 5.11. The molecule has 1 radical (unpaired) electrons. The molecule has 0 saturated carbocycles. The second-order valence-corrected chi connectivity index (χ2v) is 1.67. The SMILES string of the molecule is O=CCN1C[CH]C1. The Labute approximate surface area is 43.1 Å². The fourth-order valence-electron chi connectivity index (χ4n) is 0.566. The molecule has 1 rings (SSSR count). The lowest BCUT2D eigenvalue weighted by molar-refractivity contribution is -0.109. The van der Waals surface area contributed by atoms with Crippen molar-refractivity contribution in [2.24, 2.45) is 0 Å². The number of likely N-dealkylation sites (tertiary alicyclic amines) is 1. The molecule has 0 N–H and O–H groups in total. The van der Waals surface area contributed by atoms with E-state index in [-0.39, 0.29) is 0 Å². The lowest BCUT2D eigenvalue weighted by Gasteiger charge is -2.27. The molecule has 0 amide bonds. The predicted molar refractivity (Wildman–Crippen MR) is 26.8 cm³/mol. The van der Waals surface area contributed by atoms with E-state index in [0.717, 1.165) is 19.4 Å². The highest BCUT2D eigenvalue weighted by atomic mass is 16.1. The molecule has 1 fully saturated rings. The fraction of sp³-hybridized carbons (Fsp3) is 0.600. The molecule has 0 spiro atoms. The van der Waals surface area contributed by atoms with E-state index in [1.807, 2.05) is 0 Å². The molecular weight excluding hydrogens is 90.1 g/mol. The van der Waals surface area contributed by atoms with Gasteiger partial charge in [-0.3, -0.25) is 4.90 Å². The molecule has 0 aromatic heterocycles. The fourth-order valence-corrected chi connectivity index (χ4v) is 0.566. The third-order valence-corrected chi connectivity index (χ3v) is 1.11. The molecule has 0 unspecified atom stereocenters. The second kappa shape index (κ2) is 2.07. The highest BCUT2D eigenvalue weighted by Gasteiger charge is 2.11. The highest BCUT2D eigenvalue weighted by Crippen LogP contribution is 2.00. The first kappa shape index (κ1) is 4.78.